The molecule has 1 aliphatic rings. The molecule has 4 heteroatoms. The van der Waals surface area contributed by atoms with Crippen LogP contribution in [0.1, 0.15) is 57.3 Å². The van der Waals surface area contributed by atoms with E-state index < -0.39 is 0 Å². The first-order valence-corrected chi connectivity index (χ1v) is 8.92. The number of phenolic OH excluding ortho intramolecular Hbond substituents is 2. The number of benzene rings is 1. The Morgan fingerprint density at radius 1 is 1.28 bits per heavy atom. The summed E-state index contributed by atoms with van der Waals surface area (Å²) >= 11 is 0. The van der Waals surface area contributed by atoms with Crippen molar-refractivity contribution in [2.75, 3.05) is 13.1 Å². The minimum Gasteiger partial charge on any atom is -0.508 e. The van der Waals surface area contributed by atoms with Crippen LogP contribution in [0.4, 0.5) is 0 Å². The van der Waals surface area contributed by atoms with Crippen LogP contribution >= 0.6 is 0 Å². The fourth-order valence-corrected chi connectivity index (χ4v) is 2.26. The van der Waals surface area contributed by atoms with Crippen molar-refractivity contribution in [2.45, 2.75) is 47.0 Å². The lowest BCUT2D eigenvalue weighted by molar-refractivity contribution is 0.0790. The Labute approximate surface area is 152 Å². The molecule has 1 aliphatic heterocycles. The Morgan fingerprint density at radius 2 is 1.84 bits per heavy atom. The van der Waals surface area contributed by atoms with Crippen LogP contribution in [-0.2, 0) is 0 Å². The summed E-state index contributed by atoms with van der Waals surface area (Å²) in [4.78, 5) is 13.6. The van der Waals surface area contributed by atoms with Gasteiger partial charge in [-0.05, 0) is 44.7 Å². The topological polar surface area (TPSA) is 60.8 Å². The van der Waals surface area contributed by atoms with E-state index in [9.17, 15) is 9.90 Å². The van der Waals surface area contributed by atoms with Gasteiger partial charge in [0.15, 0.2) is 0 Å². The van der Waals surface area contributed by atoms with Crippen molar-refractivity contribution in [1.29, 1.82) is 0 Å². The number of allylic oxidation sites excluding steroid dienone is 3. The molecule has 0 saturated carbocycles. The number of likely N-dealkylation sites (tertiary alicyclic amines) is 1. The zero-order valence-corrected chi connectivity index (χ0v) is 16.0. The number of carbonyl (C=O) groups excluding carboxylic acids is 1. The average molecular weight is 347 g/mol. The molecule has 1 heterocycles. The molecule has 0 aliphatic carbocycles. The molecule has 2 rings (SSSR count). The zero-order chi connectivity index (χ0) is 19.2. The summed E-state index contributed by atoms with van der Waals surface area (Å²) in [5.41, 5.74) is 0.259. The molecule has 0 aromatic heterocycles. The van der Waals surface area contributed by atoms with E-state index in [2.05, 4.69) is 39.5 Å². The highest BCUT2D eigenvalue weighted by Gasteiger charge is 2.21. The van der Waals surface area contributed by atoms with Crippen LogP contribution in [0.15, 0.2) is 43.0 Å². The van der Waals surface area contributed by atoms with E-state index in [4.69, 9.17) is 5.11 Å². The van der Waals surface area contributed by atoms with Crippen molar-refractivity contribution in [3.8, 4) is 11.5 Å². The molecule has 2 N–H and O–H groups in total. The van der Waals surface area contributed by atoms with Crippen LogP contribution < -0.4 is 0 Å². The van der Waals surface area contributed by atoms with E-state index >= 15 is 0 Å². The smallest absolute Gasteiger partial charge is 0.257 e. The van der Waals surface area contributed by atoms with E-state index in [1.165, 1.54) is 24.6 Å². The van der Waals surface area contributed by atoms with Gasteiger partial charge >= 0.3 is 0 Å². The summed E-state index contributed by atoms with van der Waals surface area (Å²) in [7, 11) is 0. The summed E-state index contributed by atoms with van der Waals surface area (Å²) in [6.07, 6.45) is 9.37. The predicted octanol–water partition coefficient (Wildman–Crippen LogP) is 5.13. The number of aromatic hydroxyl groups is 2. The van der Waals surface area contributed by atoms with Gasteiger partial charge in [0.05, 0.1) is 5.56 Å². The lowest BCUT2D eigenvalue weighted by atomic mass is 10.1. The first kappa shape index (κ1) is 22.8. The third-order valence-electron chi connectivity index (χ3n) is 3.77. The van der Waals surface area contributed by atoms with Gasteiger partial charge < -0.3 is 15.1 Å². The van der Waals surface area contributed by atoms with Crippen LogP contribution in [0.5, 0.6) is 11.5 Å². The minimum atomic E-state index is -0.162. The van der Waals surface area contributed by atoms with Crippen LogP contribution in [-0.4, -0.2) is 34.1 Å². The number of carbonyl (C=O) groups is 1. The Kier molecular flexibility index (Phi) is 11.9. The standard InChI is InChI=1S/C11H13NO3.C7H14.C3H6/c13-8-3-4-9(10(14)7-8)11(15)12-5-1-2-6-12;1-4-6-7(3)5-2;1-3-2/h3-4,7,13-14H,1-2,5-6H2;4,6-7H,5H2,1-3H3;3H,1H2,2H3/b;6-4-;. The molecular formula is C21H33NO3. The first-order chi connectivity index (χ1) is 11.9. The number of hydrogen-bond acceptors (Lipinski definition) is 3. The van der Waals surface area contributed by atoms with Gasteiger partial charge in [-0.25, -0.2) is 0 Å². The number of hydrogen-bond donors (Lipinski definition) is 2. The van der Waals surface area contributed by atoms with Crippen LogP contribution in [0.3, 0.4) is 0 Å². The summed E-state index contributed by atoms with van der Waals surface area (Å²) in [6, 6.07) is 4.04. The molecule has 0 bridgehead atoms. The lowest BCUT2D eigenvalue weighted by Gasteiger charge is -2.15. The Hall–Kier alpha value is -2.23. The molecule has 0 spiro atoms. The van der Waals surface area contributed by atoms with Gasteiger partial charge in [-0.2, -0.15) is 0 Å². The fourth-order valence-electron chi connectivity index (χ4n) is 2.26. The highest BCUT2D eigenvalue weighted by molar-refractivity contribution is 5.97. The molecule has 1 amide bonds. The fraction of sp³-hybridized carbons (Fsp3) is 0.476. The summed E-state index contributed by atoms with van der Waals surface area (Å²) in [5.74, 6) is 0.410. The molecule has 1 fully saturated rings. The summed E-state index contributed by atoms with van der Waals surface area (Å²) in [6.45, 7) is 13.2. The number of amides is 1. The van der Waals surface area contributed by atoms with Gasteiger partial charge in [-0.1, -0.05) is 38.5 Å². The van der Waals surface area contributed by atoms with Gasteiger partial charge in [-0.15, -0.1) is 6.58 Å². The largest absolute Gasteiger partial charge is 0.508 e. The molecule has 0 radical (unpaired) electrons. The zero-order valence-electron chi connectivity index (χ0n) is 16.0. The molecule has 1 atom stereocenters. The van der Waals surface area contributed by atoms with Crippen molar-refractivity contribution in [3.63, 3.8) is 0 Å². The van der Waals surface area contributed by atoms with Crippen molar-refractivity contribution < 1.29 is 15.0 Å². The van der Waals surface area contributed by atoms with Crippen molar-refractivity contribution in [1.82, 2.24) is 4.90 Å². The van der Waals surface area contributed by atoms with Crippen molar-refractivity contribution in [3.05, 3.63) is 48.6 Å². The Morgan fingerprint density at radius 3 is 2.24 bits per heavy atom. The van der Waals surface area contributed by atoms with Crippen LogP contribution in [0.2, 0.25) is 0 Å². The van der Waals surface area contributed by atoms with Gasteiger partial charge in [-0.3, -0.25) is 4.79 Å². The van der Waals surface area contributed by atoms with E-state index in [1.54, 1.807) is 11.0 Å². The predicted molar refractivity (Wildman–Crippen MR) is 105 cm³/mol. The Balaban J connectivity index is 0.000000486. The van der Waals surface area contributed by atoms with E-state index in [0.717, 1.165) is 31.8 Å². The maximum Gasteiger partial charge on any atom is 0.257 e. The van der Waals surface area contributed by atoms with Crippen LogP contribution in [0, 0.1) is 5.92 Å². The maximum absolute atomic E-state index is 11.9. The molecule has 1 aromatic carbocycles. The second-order valence-electron chi connectivity index (χ2n) is 6.02. The minimum absolute atomic E-state index is 0.0366. The molecule has 140 valence electrons. The molecular weight excluding hydrogens is 314 g/mol. The van der Waals surface area contributed by atoms with Gasteiger partial charge in [0, 0.05) is 19.2 Å². The molecule has 1 saturated heterocycles. The lowest BCUT2D eigenvalue weighted by Crippen LogP contribution is -2.27. The monoisotopic (exact) mass is 347 g/mol. The molecule has 25 heavy (non-hydrogen) atoms. The number of rotatable bonds is 3. The van der Waals surface area contributed by atoms with Gasteiger partial charge in [0.25, 0.3) is 5.91 Å². The van der Waals surface area contributed by atoms with E-state index in [-0.39, 0.29) is 23.0 Å². The molecule has 1 unspecified atom stereocenters. The maximum atomic E-state index is 11.9. The van der Waals surface area contributed by atoms with Crippen molar-refractivity contribution >= 4 is 5.91 Å². The SMILES string of the molecule is C/C=C\C(C)CC.C=CC.O=C(c1ccc(O)cc1O)N1CCCC1. The number of phenols is 2. The van der Waals surface area contributed by atoms with Crippen molar-refractivity contribution in [2.24, 2.45) is 5.92 Å². The highest BCUT2D eigenvalue weighted by Crippen LogP contribution is 2.25. The quantitative estimate of drug-likeness (QED) is 0.745. The molecule has 1 aromatic rings. The molecule has 4 nitrogen and oxygen atoms in total. The highest BCUT2D eigenvalue weighted by atomic mass is 16.3. The first-order valence-electron chi connectivity index (χ1n) is 8.92. The van der Waals surface area contributed by atoms with Gasteiger partial charge in [0.1, 0.15) is 11.5 Å². The Bertz CT molecular complexity index is 546. The summed E-state index contributed by atoms with van der Waals surface area (Å²) in [5, 5.41) is 18.6. The van der Waals surface area contributed by atoms with Gasteiger partial charge in [0.2, 0.25) is 0 Å². The third kappa shape index (κ3) is 8.99. The second kappa shape index (κ2) is 13.1. The van der Waals surface area contributed by atoms with E-state index in [1.807, 2.05) is 6.92 Å². The second-order valence-corrected chi connectivity index (χ2v) is 6.02. The number of nitrogens with zero attached hydrogens (tertiary/aromatic N) is 1. The summed E-state index contributed by atoms with van der Waals surface area (Å²) < 4.78 is 0. The normalized spacial score (nSPS) is 14.2. The average Bonchev–Trinajstić information content (AvgIpc) is 3.10. The van der Waals surface area contributed by atoms with Crippen LogP contribution in [0.25, 0.3) is 0 Å². The third-order valence-corrected chi connectivity index (χ3v) is 3.77. The van der Waals surface area contributed by atoms with E-state index in [0.29, 0.717) is 0 Å².